The summed E-state index contributed by atoms with van der Waals surface area (Å²) >= 11 is 0. The minimum absolute atomic E-state index is 0.231. The summed E-state index contributed by atoms with van der Waals surface area (Å²) < 4.78 is 5.87. The highest BCUT2D eigenvalue weighted by Crippen LogP contribution is 2.20. The van der Waals surface area contributed by atoms with Crippen LogP contribution in [0.1, 0.15) is 51.5 Å². The number of hydrogen-bond acceptors (Lipinski definition) is 2. The van der Waals surface area contributed by atoms with Crippen molar-refractivity contribution in [1.82, 2.24) is 0 Å². The lowest BCUT2D eigenvalue weighted by Crippen LogP contribution is -2.21. The second kappa shape index (κ2) is 8.98. The summed E-state index contributed by atoms with van der Waals surface area (Å²) in [6.07, 6.45) is 6.87. The first-order valence-electron chi connectivity index (χ1n) is 7.24. The average molecular weight is 249 g/mol. The molecule has 1 rings (SSSR count). The largest absolute Gasteiger partial charge is 0.493 e. The summed E-state index contributed by atoms with van der Waals surface area (Å²) in [4.78, 5) is 0. The van der Waals surface area contributed by atoms with Crippen molar-refractivity contribution in [3.05, 3.63) is 29.8 Å². The quantitative estimate of drug-likeness (QED) is 0.673. The van der Waals surface area contributed by atoms with Crippen LogP contribution in [0, 0.1) is 0 Å². The Morgan fingerprint density at radius 2 is 1.89 bits per heavy atom. The molecule has 1 unspecified atom stereocenters. The predicted octanol–water partition coefficient (Wildman–Crippen LogP) is 3.93. The van der Waals surface area contributed by atoms with Crippen molar-refractivity contribution in [2.45, 2.75) is 58.4 Å². The third-order valence-corrected chi connectivity index (χ3v) is 3.23. The monoisotopic (exact) mass is 249 g/mol. The molecule has 0 fully saturated rings. The molecule has 2 N–H and O–H groups in total. The Morgan fingerprint density at radius 3 is 2.61 bits per heavy atom. The van der Waals surface area contributed by atoms with Crippen molar-refractivity contribution in [2.24, 2.45) is 5.73 Å². The van der Waals surface area contributed by atoms with Gasteiger partial charge in [0.05, 0.1) is 6.61 Å². The van der Waals surface area contributed by atoms with E-state index >= 15 is 0 Å². The molecule has 0 bridgehead atoms. The normalized spacial score (nSPS) is 12.4. The lowest BCUT2D eigenvalue weighted by Gasteiger charge is -2.14. The highest BCUT2D eigenvalue weighted by molar-refractivity contribution is 5.33. The molecule has 0 amide bonds. The smallest absolute Gasteiger partial charge is 0.122 e. The van der Waals surface area contributed by atoms with Crippen molar-refractivity contribution in [3.63, 3.8) is 0 Å². The number of rotatable bonds is 9. The Hall–Kier alpha value is -1.02. The van der Waals surface area contributed by atoms with Crippen LogP contribution in [-0.2, 0) is 6.42 Å². The van der Waals surface area contributed by atoms with Gasteiger partial charge in [-0.1, -0.05) is 51.3 Å². The molecule has 0 aliphatic rings. The number of benzene rings is 1. The molecular weight excluding hydrogens is 222 g/mol. The Balaban J connectivity index is 2.43. The summed E-state index contributed by atoms with van der Waals surface area (Å²) in [5.74, 6) is 1.01. The fourth-order valence-corrected chi connectivity index (χ4v) is 1.95. The van der Waals surface area contributed by atoms with Gasteiger partial charge in [-0.25, -0.2) is 0 Å². The summed E-state index contributed by atoms with van der Waals surface area (Å²) in [5.41, 5.74) is 7.25. The zero-order chi connectivity index (χ0) is 13.2. The molecule has 0 radical (unpaired) electrons. The van der Waals surface area contributed by atoms with Gasteiger partial charge in [-0.15, -0.1) is 0 Å². The Kier molecular flexibility index (Phi) is 7.51. The van der Waals surface area contributed by atoms with E-state index in [0.717, 1.165) is 31.6 Å². The molecule has 102 valence electrons. The Bertz CT molecular complexity index is 325. The van der Waals surface area contributed by atoms with E-state index in [1.807, 2.05) is 6.07 Å². The molecule has 0 spiro atoms. The lowest BCUT2D eigenvalue weighted by molar-refractivity contribution is 0.301. The van der Waals surface area contributed by atoms with Crippen LogP contribution < -0.4 is 10.5 Å². The first-order valence-corrected chi connectivity index (χ1v) is 7.24. The van der Waals surface area contributed by atoms with Gasteiger partial charge in [-0.3, -0.25) is 0 Å². The molecule has 1 atom stereocenters. The van der Waals surface area contributed by atoms with Crippen LogP contribution in [0.25, 0.3) is 0 Å². The molecule has 18 heavy (non-hydrogen) atoms. The van der Waals surface area contributed by atoms with E-state index in [4.69, 9.17) is 10.5 Å². The molecule has 0 aliphatic carbocycles. The summed E-state index contributed by atoms with van der Waals surface area (Å²) in [6.45, 7) is 5.17. The third kappa shape index (κ3) is 5.54. The van der Waals surface area contributed by atoms with Crippen LogP contribution in [0.3, 0.4) is 0 Å². The number of hydrogen-bond donors (Lipinski definition) is 1. The molecular formula is C16H27NO. The topological polar surface area (TPSA) is 35.2 Å². The average Bonchev–Trinajstić information content (AvgIpc) is 2.40. The van der Waals surface area contributed by atoms with Gasteiger partial charge in [0.25, 0.3) is 0 Å². The molecule has 0 aliphatic heterocycles. The fourth-order valence-electron chi connectivity index (χ4n) is 1.95. The Morgan fingerprint density at radius 1 is 1.11 bits per heavy atom. The van der Waals surface area contributed by atoms with E-state index in [0.29, 0.717) is 0 Å². The van der Waals surface area contributed by atoms with Crippen molar-refractivity contribution in [3.8, 4) is 5.75 Å². The van der Waals surface area contributed by atoms with Crippen LogP contribution in [0.2, 0.25) is 0 Å². The SMILES string of the molecule is CCCCCCOc1ccccc1CC(N)CC. The van der Waals surface area contributed by atoms with Crippen LogP contribution in [0.4, 0.5) is 0 Å². The highest BCUT2D eigenvalue weighted by Gasteiger charge is 2.07. The van der Waals surface area contributed by atoms with Gasteiger partial charge in [0.1, 0.15) is 5.75 Å². The van der Waals surface area contributed by atoms with E-state index in [9.17, 15) is 0 Å². The van der Waals surface area contributed by atoms with Crippen LogP contribution >= 0.6 is 0 Å². The van der Waals surface area contributed by atoms with Gasteiger partial charge < -0.3 is 10.5 Å². The number of nitrogens with two attached hydrogens (primary N) is 1. The van der Waals surface area contributed by atoms with E-state index < -0.39 is 0 Å². The van der Waals surface area contributed by atoms with Crippen molar-refractivity contribution < 1.29 is 4.74 Å². The maximum absolute atomic E-state index is 6.01. The second-order valence-corrected chi connectivity index (χ2v) is 4.89. The molecule has 1 aromatic carbocycles. The molecule has 1 aromatic rings. The number of unbranched alkanes of at least 4 members (excludes halogenated alkanes) is 3. The second-order valence-electron chi connectivity index (χ2n) is 4.89. The van der Waals surface area contributed by atoms with Gasteiger partial charge in [0.15, 0.2) is 0 Å². The van der Waals surface area contributed by atoms with Gasteiger partial charge >= 0.3 is 0 Å². The van der Waals surface area contributed by atoms with Crippen molar-refractivity contribution >= 4 is 0 Å². The number of ether oxygens (including phenoxy) is 1. The summed E-state index contributed by atoms with van der Waals surface area (Å²) in [7, 11) is 0. The third-order valence-electron chi connectivity index (χ3n) is 3.23. The lowest BCUT2D eigenvalue weighted by atomic mass is 10.0. The van der Waals surface area contributed by atoms with E-state index in [1.165, 1.54) is 24.8 Å². The molecule has 2 heteroatoms. The van der Waals surface area contributed by atoms with Crippen LogP contribution in [0.15, 0.2) is 24.3 Å². The highest BCUT2D eigenvalue weighted by atomic mass is 16.5. The fraction of sp³-hybridized carbons (Fsp3) is 0.625. The van der Waals surface area contributed by atoms with Crippen molar-refractivity contribution in [1.29, 1.82) is 0 Å². The molecule has 0 saturated carbocycles. The standard InChI is InChI=1S/C16H27NO/c1-3-5-6-9-12-18-16-11-8-7-10-14(16)13-15(17)4-2/h7-8,10-11,15H,3-6,9,12-13,17H2,1-2H3. The summed E-state index contributed by atoms with van der Waals surface area (Å²) in [5, 5.41) is 0. The van der Waals surface area contributed by atoms with Crippen molar-refractivity contribution in [2.75, 3.05) is 6.61 Å². The minimum atomic E-state index is 0.231. The maximum atomic E-state index is 6.01. The first kappa shape index (κ1) is 15.0. The molecule has 0 aromatic heterocycles. The van der Waals surface area contributed by atoms with E-state index in [-0.39, 0.29) is 6.04 Å². The van der Waals surface area contributed by atoms with Crippen LogP contribution in [-0.4, -0.2) is 12.6 Å². The van der Waals surface area contributed by atoms with Gasteiger partial charge in [-0.2, -0.15) is 0 Å². The zero-order valence-corrected chi connectivity index (χ0v) is 11.8. The first-order chi connectivity index (χ1) is 8.77. The van der Waals surface area contributed by atoms with E-state index in [2.05, 4.69) is 32.0 Å². The van der Waals surface area contributed by atoms with Gasteiger partial charge in [-0.05, 0) is 30.9 Å². The summed E-state index contributed by atoms with van der Waals surface area (Å²) in [6, 6.07) is 8.49. The minimum Gasteiger partial charge on any atom is -0.493 e. The predicted molar refractivity (Wildman–Crippen MR) is 78.0 cm³/mol. The van der Waals surface area contributed by atoms with Crippen LogP contribution in [0.5, 0.6) is 5.75 Å². The van der Waals surface area contributed by atoms with E-state index in [1.54, 1.807) is 0 Å². The zero-order valence-electron chi connectivity index (χ0n) is 11.8. The Labute approximate surface area is 112 Å². The maximum Gasteiger partial charge on any atom is 0.122 e. The molecule has 2 nitrogen and oxygen atoms in total. The van der Waals surface area contributed by atoms with Gasteiger partial charge in [0.2, 0.25) is 0 Å². The molecule has 0 heterocycles. The van der Waals surface area contributed by atoms with Gasteiger partial charge in [0, 0.05) is 6.04 Å². The number of para-hydroxylation sites is 1. The molecule has 0 saturated heterocycles.